The zero-order valence-electron chi connectivity index (χ0n) is 8.86. The molecule has 0 aliphatic heterocycles. The summed E-state index contributed by atoms with van der Waals surface area (Å²) in [5.74, 6) is -0.374. The molecule has 0 saturated heterocycles. The maximum atomic E-state index is 11.6. The highest BCUT2D eigenvalue weighted by Gasteiger charge is 2.10. The standard InChI is InChI=1S/C12H13NO2/c1-3-9(2)15-12(14)11-6-4-5-10(7-11)8-13/h4-7,9H,3H2,1-2H3. The molecular formula is C12H13NO2. The fourth-order valence-corrected chi connectivity index (χ4v) is 1.05. The van der Waals surface area contributed by atoms with Gasteiger partial charge in [-0.05, 0) is 31.5 Å². The van der Waals surface area contributed by atoms with Gasteiger partial charge in [0.05, 0.1) is 23.3 Å². The van der Waals surface area contributed by atoms with E-state index < -0.39 is 0 Å². The van der Waals surface area contributed by atoms with Gasteiger partial charge in [-0.2, -0.15) is 5.26 Å². The highest BCUT2D eigenvalue weighted by molar-refractivity contribution is 5.89. The predicted octanol–water partition coefficient (Wildman–Crippen LogP) is 2.51. The molecule has 0 N–H and O–H groups in total. The molecule has 0 fully saturated rings. The Labute approximate surface area is 89.3 Å². The second-order valence-corrected chi connectivity index (χ2v) is 3.32. The molecule has 1 aromatic carbocycles. The van der Waals surface area contributed by atoms with E-state index >= 15 is 0 Å². The summed E-state index contributed by atoms with van der Waals surface area (Å²) in [6, 6.07) is 8.48. The van der Waals surface area contributed by atoms with Crippen LogP contribution in [0.5, 0.6) is 0 Å². The van der Waals surface area contributed by atoms with Crippen molar-refractivity contribution in [1.82, 2.24) is 0 Å². The molecule has 0 saturated carbocycles. The van der Waals surface area contributed by atoms with Crippen molar-refractivity contribution in [2.45, 2.75) is 26.4 Å². The van der Waals surface area contributed by atoms with E-state index in [1.165, 1.54) is 6.07 Å². The molecule has 0 heterocycles. The van der Waals surface area contributed by atoms with Crippen molar-refractivity contribution in [3.63, 3.8) is 0 Å². The summed E-state index contributed by atoms with van der Waals surface area (Å²) in [6.07, 6.45) is 0.687. The van der Waals surface area contributed by atoms with Gasteiger partial charge in [-0.15, -0.1) is 0 Å². The zero-order chi connectivity index (χ0) is 11.3. The maximum absolute atomic E-state index is 11.6. The van der Waals surface area contributed by atoms with Crippen LogP contribution in [0.4, 0.5) is 0 Å². The SMILES string of the molecule is CCC(C)OC(=O)c1cccc(C#N)c1. The van der Waals surface area contributed by atoms with Crippen LogP contribution in [0.2, 0.25) is 0 Å². The van der Waals surface area contributed by atoms with Crippen LogP contribution in [-0.4, -0.2) is 12.1 Å². The lowest BCUT2D eigenvalue weighted by Gasteiger charge is -2.10. The average Bonchev–Trinajstić information content (AvgIpc) is 2.28. The minimum atomic E-state index is -0.374. The topological polar surface area (TPSA) is 50.1 Å². The molecule has 3 nitrogen and oxygen atoms in total. The summed E-state index contributed by atoms with van der Waals surface area (Å²) >= 11 is 0. The normalized spacial score (nSPS) is 11.5. The van der Waals surface area contributed by atoms with Gasteiger partial charge in [-0.1, -0.05) is 13.0 Å². The van der Waals surface area contributed by atoms with Gasteiger partial charge in [0.2, 0.25) is 0 Å². The molecule has 0 amide bonds. The molecule has 1 atom stereocenters. The number of hydrogen-bond donors (Lipinski definition) is 0. The van der Waals surface area contributed by atoms with Crippen molar-refractivity contribution < 1.29 is 9.53 Å². The molecule has 3 heteroatoms. The molecule has 0 bridgehead atoms. The lowest BCUT2D eigenvalue weighted by atomic mass is 10.1. The van der Waals surface area contributed by atoms with Crippen molar-refractivity contribution in [3.05, 3.63) is 35.4 Å². The van der Waals surface area contributed by atoms with E-state index in [2.05, 4.69) is 0 Å². The minimum absolute atomic E-state index is 0.0942. The molecule has 1 rings (SSSR count). The molecule has 0 aromatic heterocycles. The molecule has 0 spiro atoms. The monoisotopic (exact) mass is 203 g/mol. The Morgan fingerprint density at radius 3 is 2.93 bits per heavy atom. The molecule has 0 aliphatic carbocycles. The summed E-state index contributed by atoms with van der Waals surface area (Å²) in [5, 5.41) is 8.67. The minimum Gasteiger partial charge on any atom is -0.459 e. The van der Waals surface area contributed by atoms with Crippen LogP contribution in [0.3, 0.4) is 0 Å². The van der Waals surface area contributed by atoms with Crippen molar-refractivity contribution in [2.24, 2.45) is 0 Å². The zero-order valence-corrected chi connectivity index (χ0v) is 8.86. The number of nitriles is 1. The molecule has 78 valence electrons. The maximum Gasteiger partial charge on any atom is 0.338 e. The number of carbonyl (C=O) groups excluding carboxylic acids is 1. The van der Waals surface area contributed by atoms with Crippen molar-refractivity contribution >= 4 is 5.97 Å². The molecular weight excluding hydrogens is 190 g/mol. The van der Waals surface area contributed by atoms with Crippen LogP contribution in [0.25, 0.3) is 0 Å². The van der Waals surface area contributed by atoms with Crippen LogP contribution < -0.4 is 0 Å². The van der Waals surface area contributed by atoms with E-state index in [-0.39, 0.29) is 12.1 Å². The lowest BCUT2D eigenvalue weighted by molar-refractivity contribution is 0.0334. The van der Waals surface area contributed by atoms with E-state index in [1.807, 2.05) is 19.9 Å². The van der Waals surface area contributed by atoms with Crippen molar-refractivity contribution in [2.75, 3.05) is 0 Å². The first-order chi connectivity index (χ1) is 7.17. The van der Waals surface area contributed by atoms with Gasteiger partial charge in [-0.3, -0.25) is 0 Å². The summed E-state index contributed by atoms with van der Waals surface area (Å²) in [6.45, 7) is 3.79. The molecule has 15 heavy (non-hydrogen) atoms. The Bertz CT molecular complexity index is 393. The van der Waals surface area contributed by atoms with Gasteiger partial charge in [0, 0.05) is 0 Å². The van der Waals surface area contributed by atoms with E-state index in [1.54, 1.807) is 18.2 Å². The Kier molecular flexibility index (Phi) is 3.87. The average molecular weight is 203 g/mol. The highest BCUT2D eigenvalue weighted by Crippen LogP contribution is 2.08. The summed E-state index contributed by atoms with van der Waals surface area (Å²) in [4.78, 5) is 11.6. The summed E-state index contributed by atoms with van der Waals surface area (Å²) < 4.78 is 5.14. The van der Waals surface area contributed by atoms with E-state index in [9.17, 15) is 4.79 Å². The van der Waals surface area contributed by atoms with Crippen LogP contribution in [-0.2, 0) is 4.74 Å². The quantitative estimate of drug-likeness (QED) is 0.709. The Morgan fingerprint density at radius 1 is 1.60 bits per heavy atom. The van der Waals surface area contributed by atoms with Crippen LogP contribution in [0.15, 0.2) is 24.3 Å². The van der Waals surface area contributed by atoms with E-state index in [0.717, 1.165) is 6.42 Å². The van der Waals surface area contributed by atoms with Gasteiger partial charge < -0.3 is 4.74 Å². The van der Waals surface area contributed by atoms with Gasteiger partial charge in [0.25, 0.3) is 0 Å². The number of hydrogen-bond acceptors (Lipinski definition) is 3. The van der Waals surface area contributed by atoms with Gasteiger partial charge in [-0.25, -0.2) is 4.79 Å². The largest absolute Gasteiger partial charge is 0.459 e. The third kappa shape index (κ3) is 3.10. The Morgan fingerprint density at radius 2 is 2.33 bits per heavy atom. The summed E-state index contributed by atoms with van der Waals surface area (Å²) in [7, 11) is 0. The number of nitrogens with zero attached hydrogens (tertiary/aromatic N) is 1. The highest BCUT2D eigenvalue weighted by atomic mass is 16.5. The van der Waals surface area contributed by atoms with E-state index in [4.69, 9.17) is 10.00 Å². The fourth-order valence-electron chi connectivity index (χ4n) is 1.05. The molecule has 1 unspecified atom stereocenters. The van der Waals surface area contributed by atoms with Gasteiger partial charge >= 0.3 is 5.97 Å². The molecule has 1 aromatic rings. The second-order valence-electron chi connectivity index (χ2n) is 3.32. The smallest absolute Gasteiger partial charge is 0.338 e. The van der Waals surface area contributed by atoms with Crippen LogP contribution in [0.1, 0.15) is 36.2 Å². The third-order valence-corrected chi connectivity index (χ3v) is 2.11. The summed E-state index contributed by atoms with van der Waals surface area (Å²) in [5.41, 5.74) is 0.892. The van der Waals surface area contributed by atoms with E-state index in [0.29, 0.717) is 11.1 Å². The van der Waals surface area contributed by atoms with Gasteiger partial charge in [0.15, 0.2) is 0 Å². The molecule has 0 radical (unpaired) electrons. The number of esters is 1. The second kappa shape index (κ2) is 5.16. The first-order valence-electron chi connectivity index (χ1n) is 4.88. The Hall–Kier alpha value is -1.82. The van der Waals surface area contributed by atoms with Crippen LogP contribution >= 0.6 is 0 Å². The lowest BCUT2D eigenvalue weighted by Crippen LogP contribution is -2.13. The fraction of sp³-hybridized carbons (Fsp3) is 0.333. The number of carbonyl (C=O) groups is 1. The number of rotatable bonds is 3. The first kappa shape index (κ1) is 11.3. The van der Waals surface area contributed by atoms with Gasteiger partial charge in [0.1, 0.15) is 0 Å². The first-order valence-corrected chi connectivity index (χ1v) is 4.88. The predicted molar refractivity (Wildman–Crippen MR) is 56.3 cm³/mol. The number of benzene rings is 1. The van der Waals surface area contributed by atoms with Crippen molar-refractivity contribution in [3.8, 4) is 6.07 Å². The Balaban J connectivity index is 2.78. The van der Waals surface area contributed by atoms with Crippen LogP contribution in [0, 0.1) is 11.3 Å². The number of ether oxygens (including phenoxy) is 1. The molecule has 0 aliphatic rings. The van der Waals surface area contributed by atoms with Crippen molar-refractivity contribution in [1.29, 1.82) is 5.26 Å². The third-order valence-electron chi connectivity index (χ3n) is 2.11.